The number of benzene rings is 11. The van der Waals surface area contributed by atoms with Crippen molar-refractivity contribution in [2.45, 2.75) is 128 Å². The molecule has 0 aliphatic rings. The van der Waals surface area contributed by atoms with Crippen molar-refractivity contribution in [3.8, 4) is 51.4 Å². The summed E-state index contributed by atoms with van der Waals surface area (Å²) < 4.78 is 21.5. The number of phenols is 4. The Labute approximate surface area is 589 Å². The third kappa shape index (κ3) is 15.1. The highest BCUT2D eigenvalue weighted by Crippen LogP contribution is 2.50. The predicted molar refractivity (Wildman–Crippen MR) is 395 cm³/mol. The Hall–Kier alpha value is -11.6. The molecule has 0 spiro atoms. The van der Waals surface area contributed by atoms with Gasteiger partial charge in [-0.2, -0.15) is 0 Å². The number of carboxylic acid groups (broad SMARTS) is 3. The SMILES string of the molecule is Cc1cc(C(c2cc(C)c(O)cc2C)c2c(C)c(Cc3cc(-c4ccccc4)cc(Cc4cc(C)c(OCc5ccc(C(=O)O)cc5)c(C(c5cc(C)c(O)cc5C)c5cc(C)c(O)cc5C)c4C)c3OCc3ccc(C(=O)O)cc3)cc(C)c2OCc2ccc(C(=O)O)cc2)c(C)cc1O. The van der Waals surface area contributed by atoms with Crippen LogP contribution in [-0.4, -0.2) is 53.7 Å². The van der Waals surface area contributed by atoms with E-state index in [2.05, 4.69) is 50.2 Å². The molecule has 0 unspecified atom stereocenters. The molecule has 13 heteroatoms. The Balaban J connectivity index is 1.17. The summed E-state index contributed by atoms with van der Waals surface area (Å²) in [7, 11) is 0. The lowest BCUT2D eigenvalue weighted by atomic mass is 9.76. The third-order valence-corrected chi connectivity index (χ3v) is 19.8. The lowest BCUT2D eigenvalue weighted by Gasteiger charge is -2.30. The van der Waals surface area contributed by atoms with Crippen LogP contribution in [0.15, 0.2) is 176 Å². The molecule has 11 aromatic carbocycles. The van der Waals surface area contributed by atoms with Gasteiger partial charge in [0.25, 0.3) is 0 Å². The second-order valence-corrected chi connectivity index (χ2v) is 27.0. The Bertz CT molecular complexity index is 4650. The van der Waals surface area contributed by atoms with E-state index in [1.807, 2.05) is 112 Å². The van der Waals surface area contributed by atoms with Crippen molar-refractivity contribution in [1.82, 2.24) is 0 Å². The maximum Gasteiger partial charge on any atom is 0.335 e. The zero-order chi connectivity index (χ0) is 72.4. The molecule has 0 aliphatic heterocycles. The van der Waals surface area contributed by atoms with E-state index in [-0.39, 0.29) is 59.5 Å². The zero-order valence-electron chi connectivity index (χ0n) is 59.0. The number of rotatable bonds is 23. The highest BCUT2D eigenvalue weighted by molar-refractivity contribution is 5.88. The number of carbonyl (C=O) groups is 3. The number of aromatic hydroxyl groups is 4. The van der Waals surface area contributed by atoms with Crippen molar-refractivity contribution < 1.29 is 64.3 Å². The Morgan fingerprint density at radius 2 is 0.594 bits per heavy atom. The molecule has 0 aromatic heterocycles. The summed E-state index contributed by atoms with van der Waals surface area (Å²) >= 11 is 0. The number of phenolic OH excluding ortho intramolecular Hbond substituents is 4. The lowest BCUT2D eigenvalue weighted by Crippen LogP contribution is -2.15. The van der Waals surface area contributed by atoms with E-state index in [4.69, 9.17) is 14.2 Å². The van der Waals surface area contributed by atoms with E-state index in [0.717, 1.165) is 128 Å². The number of hydrogen-bond donors (Lipinski definition) is 7. The largest absolute Gasteiger partial charge is 0.508 e. The molecule has 11 rings (SSSR count). The quantitative estimate of drug-likeness (QED) is 0.0297. The molecule has 0 saturated carbocycles. The molecule has 0 radical (unpaired) electrons. The summed E-state index contributed by atoms with van der Waals surface area (Å²) in [5.41, 5.74) is 23.1. The van der Waals surface area contributed by atoms with Crippen molar-refractivity contribution in [1.29, 1.82) is 0 Å². The van der Waals surface area contributed by atoms with Gasteiger partial charge in [0.1, 0.15) is 60.1 Å². The maximum atomic E-state index is 12.2. The molecule has 13 nitrogen and oxygen atoms in total. The average molecular weight is 1350 g/mol. The smallest absolute Gasteiger partial charge is 0.335 e. The molecule has 514 valence electrons. The minimum atomic E-state index is -1.05. The van der Waals surface area contributed by atoms with Crippen molar-refractivity contribution in [2.75, 3.05) is 0 Å². The maximum absolute atomic E-state index is 12.2. The van der Waals surface area contributed by atoms with Gasteiger partial charge >= 0.3 is 17.9 Å². The van der Waals surface area contributed by atoms with Crippen LogP contribution < -0.4 is 14.2 Å². The van der Waals surface area contributed by atoms with E-state index in [1.54, 1.807) is 97.1 Å². The summed E-state index contributed by atoms with van der Waals surface area (Å²) in [6, 6.07) is 54.0. The number of aromatic carboxylic acids is 3. The van der Waals surface area contributed by atoms with E-state index in [0.29, 0.717) is 52.3 Å². The minimum Gasteiger partial charge on any atom is -0.508 e. The van der Waals surface area contributed by atoms with E-state index < -0.39 is 29.7 Å². The first kappa shape index (κ1) is 70.7. The highest BCUT2D eigenvalue weighted by atomic mass is 16.5. The second kappa shape index (κ2) is 29.5. The fraction of sp³-hybridized carbons (Fsp3) is 0.216. The Morgan fingerprint density at radius 3 is 0.881 bits per heavy atom. The topological polar surface area (TPSA) is 221 Å². The molecule has 0 atom stereocenters. The van der Waals surface area contributed by atoms with Crippen LogP contribution in [0, 0.1) is 83.1 Å². The first-order valence-electron chi connectivity index (χ1n) is 33.7. The van der Waals surface area contributed by atoms with Gasteiger partial charge in [-0.15, -0.1) is 0 Å². The van der Waals surface area contributed by atoms with Gasteiger partial charge in [-0.1, -0.05) is 103 Å². The number of ether oxygens (including phenoxy) is 3. The lowest BCUT2D eigenvalue weighted by molar-refractivity contribution is 0.0686. The fourth-order valence-corrected chi connectivity index (χ4v) is 14.0. The van der Waals surface area contributed by atoms with Gasteiger partial charge in [0, 0.05) is 35.8 Å². The van der Waals surface area contributed by atoms with Gasteiger partial charge in [-0.3, -0.25) is 0 Å². The molecule has 0 amide bonds. The highest BCUT2D eigenvalue weighted by Gasteiger charge is 2.33. The Morgan fingerprint density at radius 1 is 0.307 bits per heavy atom. The summed E-state index contributed by atoms with van der Waals surface area (Å²) in [6.07, 6.45) is 0.659. The molecule has 0 aliphatic carbocycles. The molecule has 7 N–H and O–H groups in total. The number of aryl methyl sites for hydroxylation is 10. The molecule has 0 fully saturated rings. The predicted octanol–water partition coefficient (Wildman–Crippen LogP) is 19.3. The first-order chi connectivity index (χ1) is 48.1. The van der Waals surface area contributed by atoms with Crippen molar-refractivity contribution in [2.24, 2.45) is 0 Å². The van der Waals surface area contributed by atoms with Gasteiger partial charge in [-0.05, 0) is 295 Å². The molecular weight excluding hydrogens is 1260 g/mol. The summed E-state index contributed by atoms with van der Waals surface area (Å²) in [4.78, 5) is 36.2. The molecule has 0 saturated heterocycles. The van der Waals surface area contributed by atoms with Crippen LogP contribution >= 0.6 is 0 Å². The number of carboxylic acids is 3. The summed E-state index contributed by atoms with van der Waals surface area (Å²) in [6.45, 7) is 24.0. The Kier molecular flexibility index (Phi) is 20.6. The van der Waals surface area contributed by atoms with Crippen LogP contribution in [0.25, 0.3) is 11.1 Å². The monoisotopic (exact) mass is 1350 g/mol. The summed E-state index contributed by atoms with van der Waals surface area (Å²) in [5, 5.41) is 74.6. The van der Waals surface area contributed by atoms with Gasteiger partial charge in [0.05, 0.1) is 16.7 Å². The zero-order valence-corrected chi connectivity index (χ0v) is 59.0. The summed E-state index contributed by atoms with van der Waals surface area (Å²) in [5.74, 6) is -1.70. The third-order valence-electron chi connectivity index (χ3n) is 19.8. The van der Waals surface area contributed by atoms with Gasteiger partial charge in [0.15, 0.2) is 0 Å². The molecular formula is C88H84O13. The molecule has 11 aromatic rings. The van der Waals surface area contributed by atoms with Crippen LogP contribution in [0.3, 0.4) is 0 Å². The molecule has 0 heterocycles. The van der Waals surface area contributed by atoms with Crippen molar-refractivity contribution in [3.05, 3.63) is 332 Å². The van der Waals surface area contributed by atoms with Crippen molar-refractivity contribution >= 4 is 17.9 Å². The van der Waals surface area contributed by atoms with Crippen LogP contribution in [0.5, 0.6) is 40.2 Å². The van der Waals surface area contributed by atoms with Crippen LogP contribution in [-0.2, 0) is 32.7 Å². The van der Waals surface area contributed by atoms with Gasteiger partial charge in [-0.25, -0.2) is 14.4 Å². The normalized spacial score (nSPS) is 11.3. The molecule has 0 bridgehead atoms. The van der Waals surface area contributed by atoms with Crippen LogP contribution in [0.4, 0.5) is 0 Å². The average Bonchev–Trinajstić information content (AvgIpc) is 0.752. The second-order valence-electron chi connectivity index (χ2n) is 27.0. The van der Waals surface area contributed by atoms with Gasteiger partial charge in [0.2, 0.25) is 0 Å². The van der Waals surface area contributed by atoms with Crippen LogP contribution in [0.1, 0.15) is 182 Å². The standard InChI is InChI=1S/C88H84O13/c1-47-36-75(89)51(5)32-71(47)81(72-33-52(6)76(90)37-48(72)2)79-57(11)66(30-55(9)83(79)99-44-59-18-24-63(25-19-59)86(93)94)40-69-42-68(62-16-14-13-15-17-62)43-70(85(69)101-46-61-22-28-65(29-23-61)88(97)98)41-67-31-56(10)84(100-45-60-20-26-64(27-21-60)87(95)96)80(58(67)12)82(73-34-53(7)77(91)38-49(73)3)74-35-54(8)78(92)39-50(74)4/h13-39,42-43,81-82,89-92H,40-41,44-46H2,1-12H3,(H,93,94)(H,95,96)(H,97,98). The van der Waals surface area contributed by atoms with E-state index in [9.17, 15) is 50.1 Å². The van der Waals surface area contributed by atoms with Crippen LogP contribution in [0.2, 0.25) is 0 Å². The van der Waals surface area contributed by atoms with E-state index in [1.165, 1.54) is 0 Å². The first-order valence-corrected chi connectivity index (χ1v) is 33.7. The van der Waals surface area contributed by atoms with E-state index >= 15 is 0 Å². The van der Waals surface area contributed by atoms with Crippen molar-refractivity contribution in [3.63, 3.8) is 0 Å². The number of hydrogen-bond acceptors (Lipinski definition) is 10. The molecule has 101 heavy (non-hydrogen) atoms. The minimum absolute atomic E-state index is 0.0691. The van der Waals surface area contributed by atoms with Gasteiger partial charge < -0.3 is 50.0 Å². The fourth-order valence-electron chi connectivity index (χ4n) is 14.0.